The zero-order valence-corrected chi connectivity index (χ0v) is 12.5. The first-order chi connectivity index (χ1) is 11.1. The standard InChI is InChI=1S/C16H18FN3O3/c17-12-2-1-3-13(10-12)23-16(15(21)22)4-8-20(9-5-16)11-14-18-6-7-19-14/h1-3,6-7,10H,4-5,8-9,11H2,(H,18,19)(H,21,22). The fourth-order valence-corrected chi connectivity index (χ4v) is 2.78. The smallest absolute Gasteiger partial charge is 0.348 e. The average molecular weight is 319 g/mol. The summed E-state index contributed by atoms with van der Waals surface area (Å²) in [6.07, 6.45) is 4.11. The molecule has 2 N–H and O–H groups in total. The number of nitrogens with zero attached hydrogens (tertiary/aromatic N) is 2. The maximum absolute atomic E-state index is 13.3. The molecule has 23 heavy (non-hydrogen) atoms. The molecule has 0 saturated carbocycles. The van der Waals surface area contributed by atoms with Gasteiger partial charge in [-0.15, -0.1) is 0 Å². The zero-order chi connectivity index (χ0) is 16.3. The van der Waals surface area contributed by atoms with Crippen molar-refractivity contribution in [3.63, 3.8) is 0 Å². The number of imidazole rings is 1. The Kier molecular flexibility index (Phi) is 4.29. The minimum atomic E-state index is -1.31. The van der Waals surface area contributed by atoms with Crippen LogP contribution in [0.3, 0.4) is 0 Å². The molecule has 0 atom stereocenters. The number of aromatic nitrogens is 2. The predicted molar refractivity (Wildman–Crippen MR) is 80.5 cm³/mol. The van der Waals surface area contributed by atoms with Crippen LogP contribution in [0.15, 0.2) is 36.7 Å². The second-order valence-corrected chi connectivity index (χ2v) is 5.67. The molecule has 6 nitrogen and oxygen atoms in total. The second-order valence-electron chi connectivity index (χ2n) is 5.67. The number of nitrogens with one attached hydrogen (secondary N) is 1. The summed E-state index contributed by atoms with van der Waals surface area (Å²) in [5, 5.41) is 9.61. The van der Waals surface area contributed by atoms with Gasteiger partial charge in [0.25, 0.3) is 0 Å². The topological polar surface area (TPSA) is 78.5 Å². The number of carboxylic acids is 1. The Hall–Kier alpha value is -2.41. The van der Waals surface area contributed by atoms with E-state index in [1.807, 2.05) is 0 Å². The van der Waals surface area contributed by atoms with Crippen LogP contribution in [0.1, 0.15) is 18.7 Å². The van der Waals surface area contributed by atoms with Crippen LogP contribution >= 0.6 is 0 Å². The Morgan fingerprint density at radius 2 is 2.22 bits per heavy atom. The Morgan fingerprint density at radius 1 is 1.43 bits per heavy atom. The number of carboxylic acid groups (broad SMARTS) is 1. The van der Waals surface area contributed by atoms with Crippen molar-refractivity contribution < 1.29 is 19.0 Å². The van der Waals surface area contributed by atoms with E-state index in [1.165, 1.54) is 18.2 Å². The number of aliphatic carboxylic acids is 1. The lowest BCUT2D eigenvalue weighted by molar-refractivity contribution is -0.159. The SMILES string of the molecule is O=C(O)C1(Oc2cccc(F)c2)CCN(Cc2ncc[nH]2)CC1. The van der Waals surface area contributed by atoms with Gasteiger partial charge in [0.1, 0.15) is 17.4 Å². The van der Waals surface area contributed by atoms with E-state index >= 15 is 0 Å². The highest BCUT2D eigenvalue weighted by Gasteiger charge is 2.44. The lowest BCUT2D eigenvalue weighted by Crippen LogP contribution is -2.53. The maximum atomic E-state index is 13.3. The van der Waals surface area contributed by atoms with Crippen LogP contribution in [0.25, 0.3) is 0 Å². The molecule has 2 heterocycles. The third-order valence-corrected chi connectivity index (χ3v) is 4.09. The third-order valence-electron chi connectivity index (χ3n) is 4.09. The van der Waals surface area contributed by atoms with Crippen molar-refractivity contribution in [2.45, 2.75) is 25.0 Å². The summed E-state index contributed by atoms with van der Waals surface area (Å²) in [5.41, 5.74) is -1.31. The Bertz CT molecular complexity index is 667. The average Bonchev–Trinajstić information content (AvgIpc) is 3.02. The molecule has 1 saturated heterocycles. The largest absolute Gasteiger partial charge is 0.478 e. The molecule has 0 aliphatic carbocycles. The summed E-state index contributed by atoms with van der Waals surface area (Å²) in [6, 6.07) is 5.58. The molecular weight excluding hydrogens is 301 g/mol. The molecule has 1 aromatic carbocycles. The molecule has 1 aliphatic rings. The molecule has 122 valence electrons. The molecule has 3 rings (SSSR count). The Morgan fingerprint density at radius 3 is 2.83 bits per heavy atom. The van der Waals surface area contributed by atoms with Gasteiger partial charge in [0.15, 0.2) is 0 Å². The number of aromatic amines is 1. The van der Waals surface area contributed by atoms with E-state index in [4.69, 9.17) is 4.74 Å². The van der Waals surface area contributed by atoms with Crippen molar-refractivity contribution in [2.75, 3.05) is 13.1 Å². The molecule has 2 aromatic rings. The molecule has 1 aliphatic heterocycles. The first-order valence-corrected chi connectivity index (χ1v) is 7.46. The van der Waals surface area contributed by atoms with E-state index < -0.39 is 17.4 Å². The summed E-state index contributed by atoms with van der Waals surface area (Å²) in [5.74, 6) is -0.372. The number of piperidine rings is 1. The van der Waals surface area contributed by atoms with E-state index in [1.54, 1.807) is 18.5 Å². The van der Waals surface area contributed by atoms with Gasteiger partial charge in [-0.2, -0.15) is 0 Å². The lowest BCUT2D eigenvalue weighted by atomic mass is 9.91. The Labute approximate surface area is 132 Å². The number of halogens is 1. The van der Waals surface area contributed by atoms with Crippen molar-refractivity contribution in [3.05, 3.63) is 48.3 Å². The highest BCUT2D eigenvalue weighted by atomic mass is 19.1. The van der Waals surface area contributed by atoms with Crippen LogP contribution in [0, 0.1) is 5.82 Å². The van der Waals surface area contributed by atoms with Crippen LogP contribution in [0.5, 0.6) is 5.75 Å². The number of likely N-dealkylation sites (tertiary alicyclic amines) is 1. The molecule has 1 aromatic heterocycles. The van der Waals surface area contributed by atoms with Crippen molar-refractivity contribution in [1.29, 1.82) is 0 Å². The Balaban J connectivity index is 1.67. The molecule has 0 amide bonds. The second kappa shape index (κ2) is 6.37. The highest BCUT2D eigenvalue weighted by molar-refractivity contribution is 5.78. The molecule has 0 bridgehead atoms. The van der Waals surface area contributed by atoms with Crippen molar-refractivity contribution in [3.8, 4) is 5.75 Å². The zero-order valence-electron chi connectivity index (χ0n) is 12.5. The van der Waals surface area contributed by atoms with Crippen LogP contribution in [-0.4, -0.2) is 44.6 Å². The number of H-pyrrole nitrogens is 1. The van der Waals surface area contributed by atoms with Crippen molar-refractivity contribution in [1.82, 2.24) is 14.9 Å². The number of carbonyl (C=O) groups is 1. The maximum Gasteiger partial charge on any atom is 0.348 e. The van der Waals surface area contributed by atoms with Gasteiger partial charge in [-0.1, -0.05) is 6.07 Å². The van der Waals surface area contributed by atoms with Gasteiger partial charge in [-0.3, -0.25) is 4.90 Å². The molecule has 0 spiro atoms. The quantitative estimate of drug-likeness (QED) is 0.882. The van der Waals surface area contributed by atoms with Crippen molar-refractivity contribution >= 4 is 5.97 Å². The van der Waals surface area contributed by atoms with E-state index in [0.717, 1.165) is 5.82 Å². The van der Waals surface area contributed by atoms with Gasteiger partial charge in [0.2, 0.25) is 5.60 Å². The summed E-state index contributed by atoms with van der Waals surface area (Å²) >= 11 is 0. The predicted octanol–water partition coefficient (Wildman–Crippen LogP) is 2.05. The first kappa shape index (κ1) is 15.5. The normalized spacial score (nSPS) is 17.8. The van der Waals surface area contributed by atoms with Gasteiger partial charge in [-0.05, 0) is 12.1 Å². The van der Waals surface area contributed by atoms with Gasteiger partial charge >= 0.3 is 5.97 Å². The van der Waals surface area contributed by atoms with Crippen LogP contribution < -0.4 is 4.74 Å². The number of hydrogen-bond acceptors (Lipinski definition) is 4. The minimum Gasteiger partial charge on any atom is -0.478 e. The molecule has 0 unspecified atom stereocenters. The lowest BCUT2D eigenvalue weighted by Gasteiger charge is -2.38. The molecule has 1 fully saturated rings. The molecule has 0 radical (unpaired) electrons. The summed E-state index contributed by atoms with van der Waals surface area (Å²) < 4.78 is 19.0. The highest BCUT2D eigenvalue weighted by Crippen LogP contribution is 2.30. The number of benzene rings is 1. The monoisotopic (exact) mass is 319 g/mol. The molecular formula is C16H18FN3O3. The summed E-state index contributed by atoms with van der Waals surface area (Å²) in [4.78, 5) is 21.1. The third kappa shape index (κ3) is 3.50. The number of hydrogen-bond donors (Lipinski definition) is 2. The molecule has 7 heteroatoms. The van der Waals surface area contributed by atoms with E-state index in [9.17, 15) is 14.3 Å². The van der Waals surface area contributed by atoms with Gasteiger partial charge in [0.05, 0.1) is 6.54 Å². The summed E-state index contributed by atoms with van der Waals surface area (Å²) in [6.45, 7) is 1.79. The van der Waals surface area contributed by atoms with E-state index in [-0.39, 0.29) is 5.75 Å². The van der Waals surface area contributed by atoms with Gasteiger partial charge in [0, 0.05) is 44.4 Å². The number of ether oxygens (including phenoxy) is 1. The fourth-order valence-electron chi connectivity index (χ4n) is 2.78. The summed E-state index contributed by atoms with van der Waals surface area (Å²) in [7, 11) is 0. The van der Waals surface area contributed by atoms with Crippen LogP contribution in [0.2, 0.25) is 0 Å². The van der Waals surface area contributed by atoms with Crippen LogP contribution in [0.4, 0.5) is 4.39 Å². The van der Waals surface area contributed by atoms with E-state index in [2.05, 4.69) is 14.9 Å². The van der Waals surface area contributed by atoms with Crippen molar-refractivity contribution in [2.24, 2.45) is 0 Å². The minimum absolute atomic E-state index is 0.242. The fraction of sp³-hybridized carbons (Fsp3) is 0.375. The number of rotatable bonds is 5. The van der Waals surface area contributed by atoms with Gasteiger partial charge < -0.3 is 14.8 Å². The first-order valence-electron chi connectivity index (χ1n) is 7.46. The van der Waals surface area contributed by atoms with Gasteiger partial charge in [-0.25, -0.2) is 14.2 Å². The van der Waals surface area contributed by atoms with E-state index in [0.29, 0.717) is 32.5 Å². The van der Waals surface area contributed by atoms with Crippen LogP contribution in [-0.2, 0) is 11.3 Å².